The zero-order valence-electron chi connectivity index (χ0n) is 20.5. The number of hydrogen-bond donors (Lipinski definition) is 0. The second-order valence-corrected chi connectivity index (χ2v) is 10.1. The second kappa shape index (κ2) is 11.7. The van der Waals surface area contributed by atoms with E-state index >= 15 is 0 Å². The van der Waals surface area contributed by atoms with E-state index in [4.69, 9.17) is 26.8 Å². The molecule has 3 aromatic carbocycles. The van der Waals surface area contributed by atoms with E-state index in [1.165, 1.54) is 17.8 Å². The average molecular weight is 546 g/mol. The summed E-state index contributed by atoms with van der Waals surface area (Å²) in [6.45, 7) is 0.941. The standard InChI is InChI=1S/C29H24FN3O3S2/c1-35-16-15-32-28(34)26(38-29(32)37)17-22-18-33(23-8-3-2-4-9-23)31-27(22)20-11-13-24(14-12-20)36-19-21-7-5-6-10-25(21)30/h2-14,17-18H,15-16,19H2,1H3. The van der Waals surface area contributed by atoms with Crippen LogP contribution in [0.25, 0.3) is 23.0 Å². The number of rotatable bonds is 9. The molecule has 1 aliphatic rings. The highest BCUT2D eigenvalue weighted by Crippen LogP contribution is 2.35. The summed E-state index contributed by atoms with van der Waals surface area (Å²) in [5.74, 6) is 0.167. The summed E-state index contributed by atoms with van der Waals surface area (Å²) < 4.78 is 27.1. The van der Waals surface area contributed by atoms with Gasteiger partial charge >= 0.3 is 0 Å². The third-order valence-electron chi connectivity index (χ3n) is 5.92. The van der Waals surface area contributed by atoms with Crippen molar-refractivity contribution in [3.8, 4) is 22.7 Å². The summed E-state index contributed by atoms with van der Waals surface area (Å²) in [4.78, 5) is 15.1. The number of aromatic nitrogens is 2. The van der Waals surface area contributed by atoms with Crippen molar-refractivity contribution < 1.29 is 18.7 Å². The van der Waals surface area contributed by atoms with E-state index in [0.717, 1.165) is 16.8 Å². The summed E-state index contributed by atoms with van der Waals surface area (Å²) in [7, 11) is 1.59. The van der Waals surface area contributed by atoms with Crippen molar-refractivity contribution in [2.75, 3.05) is 20.3 Å². The smallest absolute Gasteiger partial charge is 0.266 e. The summed E-state index contributed by atoms with van der Waals surface area (Å²) >= 11 is 6.70. The molecule has 0 radical (unpaired) electrons. The average Bonchev–Trinajstić information content (AvgIpc) is 3.48. The number of halogens is 1. The number of hydrogen-bond acceptors (Lipinski definition) is 6. The SMILES string of the molecule is COCCN1C(=O)C(=Cc2cn(-c3ccccc3)nc2-c2ccc(OCc3ccccc3F)cc2)SC1=S. The molecule has 0 saturated carbocycles. The van der Waals surface area contributed by atoms with Gasteiger partial charge in [0.05, 0.1) is 29.4 Å². The molecule has 38 heavy (non-hydrogen) atoms. The highest BCUT2D eigenvalue weighted by molar-refractivity contribution is 8.26. The molecule has 5 rings (SSSR count). The van der Waals surface area contributed by atoms with E-state index < -0.39 is 0 Å². The molecular weight excluding hydrogens is 521 g/mol. The molecule has 6 nitrogen and oxygen atoms in total. The number of ether oxygens (including phenoxy) is 2. The minimum Gasteiger partial charge on any atom is -0.489 e. The molecule has 4 aromatic rings. The number of carbonyl (C=O) groups excluding carboxylic acids is 1. The molecule has 1 aromatic heterocycles. The summed E-state index contributed by atoms with van der Waals surface area (Å²) in [5, 5.41) is 4.83. The predicted molar refractivity (Wildman–Crippen MR) is 151 cm³/mol. The molecule has 1 aliphatic heterocycles. The van der Waals surface area contributed by atoms with Gasteiger partial charge in [-0.2, -0.15) is 5.10 Å². The Morgan fingerprint density at radius 1 is 1.03 bits per heavy atom. The first-order valence-electron chi connectivity index (χ1n) is 11.9. The predicted octanol–water partition coefficient (Wildman–Crippen LogP) is 6.11. The maximum Gasteiger partial charge on any atom is 0.266 e. The summed E-state index contributed by atoms with van der Waals surface area (Å²) in [6, 6.07) is 23.7. The highest BCUT2D eigenvalue weighted by Gasteiger charge is 2.32. The van der Waals surface area contributed by atoms with Crippen LogP contribution in [-0.4, -0.2) is 45.2 Å². The van der Waals surface area contributed by atoms with Crippen molar-refractivity contribution in [1.29, 1.82) is 0 Å². The number of carbonyl (C=O) groups is 1. The van der Waals surface area contributed by atoms with Gasteiger partial charge in [-0.1, -0.05) is 60.4 Å². The molecule has 0 bridgehead atoms. The highest BCUT2D eigenvalue weighted by atomic mass is 32.2. The first-order chi connectivity index (χ1) is 18.5. The van der Waals surface area contributed by atoms with Gasteiger partial charge in [0.2, 0.25) is 0 Å². The lowest BCUT2D eigenvalue weighted by Gasteiger charge is -2.12. The Hall–Kier alpha value is -3.79. The van der Waals surface area contributed by atoms with Crippen molar-refractivity contribution in [2.45, 2.75) is 6.61 Å². The van der Waals surface area contributed by atoms with Gasteiger partial charge < -0.3 is 9.47 Å². The normalized spacial score (nSPS) is 14.5. The van der Waals surface area contributed by atoms with Gasteiger partial charge in [-0.05, 0) is 48.5 Å². The summed E-state index contributed by atoms with van der Waals surface area (Å²) in [5.41, 5.74) is 3.71. The lowest BCUT2D eigenvalue weighted by atomic mass is 10.1. The van der Waals surface area contributed by atoms with E-state index in [1.54, 1.807) is 34.9 Å². The Kier molecular flexibility index (Phi) is 7.97. The zero-order chi connectivity index (χ0) is 26.5. The molecule has 1 fully saturated rings. The molecule has 2 heterocycles. The number of thiocarbonyl (C=S) groups is 1. The first-order valence-corrected chi connectivity index (χ1v) is 13.1. The number of nitrogens with zero attached hydrogens (tertiary/aromatic N) is 3. The van der Waals surface area contributed by atoms with Gasteiger partial charge in [0.1, 0.15) is 22.5 Å². The van der Waals surface area contributed by atoms with Crippen LogP contribution < -0.4 is 4.74 Å². The van der Waals surface area contributed by atoms with Crippen LogP contribution >= 0.6 is 24.0 Å². The fourth-order valence-electron chi connectivity index (χ4n) is 3.93. The largest absolute Gasteiger partial charge is 0.489 e. The van der Waals surface area contributed by atoms with E-state index in [1.807, 2.05) is 66.9 Å². The van der Waals surface area contributed by atoms with Gasteiger partial charge in [0, 0.05) is 30.0 Å². The van der Waals surface area contributed by atoms with Crippen molar-refractivity contribution in [1.82, 2.24) is 14.7 Å². The molecule has 1 amide bonds. The van der Waals surface area contributed by atoms with Crippen LogP contribution in [0, 0.1) is 5.82 Å². The number of methoxy groups -OCH3 is 1. The number of thioether (sulfide) groups is 1. The minimum absolute atomic E-state index is 0.130. The zero-order valence-corrected chi connectivity index (χ0v) is 22.2. The Morgan fingerprint density at radius 2 is 1.76 bits per heavy atom. The third-order valence-corrected chi connectivity index (χ3v) is 7.30. The molecule has 0 spiro atoms. The molecule has 0 aliphatic carbocycles. The van der Waals surface area contributed by atoms with Gasteiger partial charge in [0.15, 0.2) is 0 Å². The van der Waals surface area contributed by atoms with Gasteiger partial charge in [-0.25, -0.2) is 9.07 Å². The molecule has 9 heteroatoms. The Bertz CT molecular complexity index is 1490. The molecule has 1 saturated heterocycles. The Morgan fingerprint density at radius 3 is 2.50 bits per heavy atom. The number of amides is 1. The van der Waals surface area contributed by atoms with E-state index in [-0.39, 0.29) is 18.3 Å². The van der Waals surface area contributed by atoms with Crippen LogP contribution in [-0.2, 0) is 16.1 Å². The van der Waals surface area contributed by atoms with Gasteiger partial charge in [-0.3, -0.25) is 9.69 Å². The molecule has 0 N–H and O–H groups in total. The lowest BCUT2D eigenvalue weighted by molar-refractivity contribution is -0.122. The van der Waals surface area contributed by atoms with Crippen LogP contribution in [0.4, 0.5) is 4.39 Å². The maximum atomic E-state index is 13.9. The monoisotopic (exact) mass is 545 g/mol. The van der Waals surface area contributed by atoms with E-state index in [2.05, 4.69) is 0 Å². The number of benzene rings is 3. The topological polar surface area (TPSA) is 56.6 Å². The third kappa shape index (κ3) is 5.70. The first kappa shape index (κ1) is 25.8. The quantitative estimate of drug-likeness (QED) is 0.187. The molecule has 0 unspecified atom stereocenters. The second-order valence-electron chi connectivity index (χ2n) is 8.44. The van der Waals surface area contributed by atoms with Gasteiger partial charge in [-0.15, -0.1) is 0 Å². The van der Waals surface area contributed by atoms with E-state index in [9.17, 15) is 9.18 Å². The fourth-order valence-corrected chi connectivity index (χ4v) is 5.23. The van der Waals surface area contributed by atoms with E-state index in [0.29, 0.717) is 39.4 Å². The van der Waals surface area contributed by atoms with Crippen LogP contribution in [0.5, 0.6) is 5.75 Å². The van der Waals surface area contributed by atoms with Crippen molar-refractivity contribution in [2.24, 2.45) is 0 Å². The minimum atomic E-state index is -0.298. The van der Waals surface area contributed by atoms with Crippen molar-refractivity contribution in [3.05, 3.63) is 107 Å². The van der Waals surface area contributed by atoms with Crippen LogP contribution in [0.15, 0.2) is 90.0 Å². The van der Waals surface area contributed by atoms with Crippen LogP contribution in [0.1, 0.15) is 11.1 Å². The number of para-hydroxylation sites is 1. The molecule has 192 valence electrons. The van der Waals surface area contributed by atoms with Crippen LogP contribution in [0.2, 0.25) is 0 Å². The lowest BCUT2D eigenvalue weighted by Crippen LogP contribution is -2.31. The van der Waals surface area contributed by atoms with Crippen LogP contribution in [0.3, 0.4) is 0 Å². The summed E-state index contributed by atoms with van der Waals surface area (Å²) in [6.07, 6.45) is 3.73. The van der Waals surface area contributed by atoms with Crippen molar-refractivity contribution >= 4 is 40.3 Å². The maximum absolute atomic E-state index is 13.9. The van der Waals surface area contributed by atoms with Gasteiger partial charge in [0.25, 0.3) is 5.91 Å². The molecular formula is C29H24FN3O3S2. The fraction of sp³-hybridized carbons (Fsp3) is 0.138. The Labute approximate surface area is 229 Å². The molecule has 0 atom stereocenters. The van der Waals surface area contributed by atoms with Crippen molar-refractivity contribution in [3.63, 3.8) is 0 Å². The Balaban J connectivity index is 1.44.